The van der Waals surface area contributed by atoms with Gasteiger partial charge in [0.25, 0.3) is 0 Å². The van der Waals surface area contributed by atoms with Gasteiger partial charge in [-0.15, -0.1) is 0 Å². The van der Waals surface area contributed by atoms with Crippen molar-refractivity contribution in [3.8, 4) is 0 Å². The van der Waals surface area contributed by atoms with Crippen LogP contribution < -0.4 is 5.73 Å². The minimum atomic E-state index is -0.421. The Kier molecular flexibility index (Phi) is 6.49. The highest BCUT2D eigenvalue weighted by molar-refractivity contribution is 5.82. The number of amides is 1. The van der Waals surface area contributed by atoms with Crippen molar-refractivity contribution < 1.29 is 4.79 Å². The van der Waals surface area contributed by atoms with Crippen LogP contribution >= 0.6 is 0 Å². The number of likely N-dealkylation sites (tertiary alicyclic amines) is 2. The molecule has 138 valence electrons. The number of nitrogens with two attached hydrogens (primary N) is 1. The summed E-state index contributed by atoms with van der Waals surface area (Å²) in [6.45, 7) is 6.45. The molecule has 0 saturated carbocycles. The fraction of sp³-hybridized carbons (Fsp3) is 0.667. The SMILES string of the molecule is C[C@@H]1CCCCN1C[C@@H]1CCCN(C(=O)[C@H](N)Cc2ccccc2)C1. The Labute approximate surface area is 152 Å². The van der Waals surface area contributed by atoms with Crippen LogP contribution in [0, 0.1) is 5.92 Å². The van der Waals surface area contributed by atoms with Crippen LogP contribution in [-0.4, -0.2) is 54.0 Å². The third kappa shape index (κ3) is 5.05. The Bertz CT molecular complexity index is 547. The Morgan fingerprint density at radius 3 is 2.72 bits per heavy atom. The van der Waals surface area contributed by atoms with Crippen molar-refractivity contribution in [2.45, 2.75) is 57.5 Å². The third-order valence-corrected chi connectivity index (χ3v) is 5.88. The molecule has 25 heavy (non-hydrogen) atoms. The highest BCUT2D eigenvalue weighted by atomic mass is 16.2. The minimum absolute atomic E-state index is 0.125. The lowest BCUT2D eigenvalue weighted by atomic mass is 9.94. The Hall–Kier alpha value is -1.39. The summed E-state index contributed by atoms with van der Waals surface area (Å²) in [5.74, 6) is 0.724. The minimum Gasteiger partial charge on any atom is -0.341 e. The van der Waals surface area contributed by atoms with Crippen molar-refractivity contribution in [1.29, 1.82) is 0 Å². The molecular weight excluding hydrogens is 310 g/mol. The molecule has 0 radical (unpaired) electrons. The second-order valence-electron chi connectivity index (χ2n) is 7.93. The fourth-order valence-electron chi connectivity index (χ4n) is 4.36. The summed E-state index contributed by atoms with van der Waals surface area (Å²) in [4.78, 5) is 17.4. The zero-order valence-electron chi connectivity index (χ0n) is 15.6. The van der Waals surface area contributed by atoms with Crippen molar-refractivity contribution in [2.75, 3.05) is 26.2 Å². The molecule has 0 bridgehead atoms. The summed E-state index contributed by atoms with van der Waals surface area (Å²) in [6, 6.07) is 10.4. The average Bonchev–Trinajstić information content (AvgIpc) is 2.64. The molecule has 0 aliphatic carbocycles. The predicted molar refractivity (Wildman–Crippen MR) is 102 cm³/mol. The normalized spacial score (nSPS) is 26.4. The van der Waals surface area contributed by atoms with Gasteiger partial charge in [-0.25, -0.2) is 0 Å². The molecule has 4 heteroatoms. The lowest BCUT2D eigenvalue weighted by Crippen LogP contribution is -2.51. The van der Waals surface area contributed by atoms with E-state index >= 15 is 0 Å². The summed E-state index contributed by atoms with van der Waals surface area (Å²) in [6.07, 6.45) is 6.97. The number of piperidine rings is 2. The van der Waals surface area contributed by atoms with Crippen LogP contribution in [0.2, 0.25) is 0 Å². The van der Waals surface area contributed by atoms with Gasteiger partial charge in [0.1, 0.15) is 0 Å². The van der Waals surface area contributed by atoms with Gasteiger partial charge >= 0.3 is 0 Å². The lowest BCUT2D eigenvalue weighted by Gasteiger charge is -2.40. The van der Waals surface area contributed by atoms with Crippen LogP contribution in [0.5, 0.6) is 0 Å². The van der Waals surface area contributed by atoms with Gasteiger partial charge in [0.05, 0.1) is 6.04 Å². The Morgan fingerprint density at radius 2 is 1.96 bits per heavy atom. The number of hydrogen-bond acceptors (Lipinski definition) is 3. The van der Waals surface area contributed by atoms with E-state index in [0.717, 1.165) is 31.6 Å². The van der Waals surface area contributed by atoms with Crippen LogP contribution in [0.4, 0.5) is 0 Å². The monoisotopic (exact) mass is 343 g/mol. The Balaban J connectivity index is 1.52. The lowest BCUT2D eigenvalue weighted by molar-refractivity contribution is -0.134. The highest BCUT2D eigenvalue weighted by Crippen LogP contribution is 2.23. The van der Waals surface area contributed by atoms with Gasteiger partial charge in [0.2, 0.25) is 5.91 Å². The molecule has 3 atom stereocenters. The number of carbonyl (C=O) groups is 1. The molecular formula is C21H33N3O. The molecule has 0 spiro atoms. The zero-order chi connectivity index (χ0) is 17.6. The van der Waals surface area contributed by atoms with Gasteiger partial charge in [-0.2, -0.15) is 0 Å². The van der Waals surface area contributed by atoms with Crippen molar-refractivity contribution in [2.24, 2.45) is 11.7 Å². The van der Waals surface area contributed by atoms with E-state index in [-0.39, 0.29) is 5.91 Å². The number of benzene rings is 1. The van der Waals surface area contributed by atoms with E-state index in [1.165, 1.54) is 32.2 Å². The number of carbonyl (C=O) groups excluding carboxylic acids is 1. The van der Waals surface area contributed by atoms with E-state index in [1.54, 1.807) is 0 Å². The highest BCUT2D eigenvalue weighted by Gasteiger charge is 2.29. The molecule has 3 rings (SSSR count). The van der Waals surface area contributed by atoms with E-state index in [1.807, 2.05) is 35.2 Å². The largest absolute Gasteiger partial charge is 0.341 e. The maximum absolute atomic E-state index is 12.8. The first-order valence-electron chi connectivity index (χ1n) is 9.96. The fourth-order valence-corrected chi connectivity index (χ4v) is 4.36. The maximum Gasteiger partial charge on any atom is 0.239 e. The van der Waals surface area contributed by atoms with Gasteiger partial charge in [0, 0.05) is 25.7 Å². The summed E-state index contributed by atoms with van der Waals surface area (Å²) in [5, 5.41) is 0. The molecule has 2 aliphatic rings. The average molecular weight is 344 g/mol. The van der Waals surface area contributed by atoms with Gasteiger partial charge in [0.15, 0.2) is 0 Å². The van der Waals surface area contributed by atoms with Crippen molar-refractivity contribution in [1.82, 2.24) is 9.80 Å². The Morgan fingerprint density at radius 1 is 1.16 bits per heavy atom. The molecule has 1 aromatic carbocycles. The smallest absolute Gasteiger partial charge is 0.239 e. The van der Waals surface area contributed by atoms with Crippen LogP contribution in [0.15, 0.2) is 30.3 Å². The van der Waals surface area contributed by atoms with E-state index in [2.05, 4.69) is 11.8 Å². The first-order valence-corrected chi connectivity index (χ1v) is 9.96. The molecule has 0 aromatic heterocycles. The van der Waals surface area contributed by atoms with Crippen molar-refractivity contribution >= 4 is 5.91 Å². The number of rotatable bonds is 5. The topological polar surface area (TPSA) is 49.6 Å². The predicted octanol–water partition coefficient (Wildman–Crippen LogP) is 2.67. The molecule has 2 aliphatic heterocycles. The van der Waals surface area contributed by atoms with Gasteiger partial charge in [-0.05, 0) is 57.1 Å². The maximum atomic E-state index is 12.8. The molecule has 1 aromatic rings. The van der Waals surface area contributed by atoms with E-state index in [0.29, 0.717) is 18.4 Å². The second kappa shape index (κ2) is 8.81. The van der Waals surface area contributed by atoms with E-state index in [9.17, 15) is 4.79 Å². The third-order valence-electron chi connectivity index (χ3n) is 5.88. The molecule has 1 amide bonds. The van der Waals surface area contributed by atoms with Crippen LogP contribution in [0.1, 0.15) is 44.6 Å². The molecule has 2 N–H and O–H groups in total. The van der Waals surface area contributed by atoms with Gasteiger partial charge < -0.3 is 15.5 Å². The second-order valence-corrected chi connectivity index (χ2v) is 7.93. The quantitative estimate of drug-likeness (QED) is 0.894. The van der Waals surface area contributed by atoms with Crippen molar-refractivity contribution in [3.63, 3.8) is 0 Å². The number of nitrogens with zero attached hydrogens (tertiary/aromatic N) is 2. The summed E-state index contributed by atoms with van der Waals surface area (Å²) >= 11 is 0. The molecule has 2 saturated heterocycles. The van der Waals surface area contributed by atoms with E-state index in [4.69, 9.17) is 5.73 Å². The molecule has 0 unspecified atom stereocenters. The van der Waals surface area contributed by atoms with E-state index < -0.39 is 6.04 Å². The first kappa shape index (κ1) is 18.4. The molecule has 2 heterocycles. The van der Waals surface area contributed by atoms with Gasteiger partial charge in [-0.1, -0.05) is 36.8 Å². The molecule has 2 fully saturated rings. The van der Waals surface area contributed by atoms with Crippen LogP contribution in [0.25, 0.3) is 0 Å². The van der Waals surface area contributed by atoms with Crippen LogP contribution in [-0.2, 0) is 11.2 Å². The zero-order valence-corrected chi connectivity index (χ0v) is 15.6. The summed E-state index contributed by atoms with van der Waals surface area (Å²) < 4.78 is 0. The van der Waals surface area contributed by atoms with Gasteiger partial charge in [-0.3, -0.25) is 4.79 Å². The molecule has 4 nitrogen and oxygen atoms in total. The first-order chi connectivity index (χ1) is 12.1. The summed E-state index contributed by atoms with van der Waals surface area (Å²) in [5.41, 5.74) is 7.37. The standard InChI is InChI=1S/C21H33N3O/c1-17-8-5-6-12-23(17)15-19-11-7-13-24(16-19)21(25)20(22)14-18-9-3-2-4-10-18/h2-4,9-10,17,19-20H,5-8,11-16,22H2,1H3/t17-,19+,20-/m1/s1. The summed E-state index contributed by atoms with van der Waals surface area (Å²) in [7, 11) is 0. The van der Waals surface area contributed by atoms with Crippen LogP contribution in [0.3, 0.4) is 0 Å². The van der Waals surface area contributed by atoms with Crippen molar-refractivity contribution in [3.05, 3.63) is 35.9 Å². The number of hydrogen-bond donors (Lipinski definition) is 1.